The molecule has 0 spiro atoms. The van der Waals surface area contributed by atoms with Gasteiger partial charge in [0.25, 0.3) is 0 Å². The number of hydrogen-bond acceptors (Lipinski definition) is 5. The molecule has 0 aliphatic carbocycles. The molecule has 6 heteroatoms. The highest BCUT2D eigenvalue weighted by molar-refractivity contribution is 6.02. The number of rotatable bonds is 5. The van der Waals surface area contributed by atoms with Gasteiger partial charge in [-0.2, -0.15) is 0 Å². The van der Waals surface area contributed by atoms with E-state index in [2.05, 4.69) is 10.3 Å². The molecule has 0 aliphatic heterocycles. The van der Waals surface area contributed by atoms with Gasteiger partial charge < -0.3 is 14.2 Å². The molecule has 32 heavy (non-hydrogen) atoms. The molecular weight excluding hydrogens is 404 g/mol. The molecule has 5 aromatic rings. The van der Waals surface area contributed by atoms with Crippen molar-refractivity contribution in [2.45, 2.75) is 19.9 Å². The van der Waals surface area contributed by atoms with Crippen LogP contribution in [0.4, 0.5) is 0 Å². The van der Waals surface area contributed by atoms with Crippen LogP contribution in [0.25, 0.3) is 33.1 Å². The summed E-state index contributed by atoms with van der Waals surface area (Å²) in [5, 5.41) is 4.51. The Morgan fingerprint density at radius 1 is 1.00 bits per heavy atom. The maximum absolute atomic E-state index is 12.6. The number of hydrogen-bond donors (Lipinski definition) is 1. The number of furan rings is 1. The molecule has 0 fully saturated rings. The van der Waals surface area contributed by atoms with Crippen LogP contribution in [0.3, 0.4) is 0 Å². The van der Waals surface area contributed by atoms with Crippen LogP contribution in [0.2, 0.25) is 0 Å². The first-order valence-corrected chi connectivity index (χ1v) is 10.3. The Morgan fingerprint density at radius 2 is 1.81 bits per heavy atom. The average Bonchev–Trinajstić information content (AvgIpc) is 3.23. The third kappa shape index (κ3) is 3.67. The van der Waals surface area contributed by atoms with E-state index < -0.39 is 5.63 Å². The normalized spacial score (nSPS) is 11.2. The van der Waals surface area contributed by atoms with Gasteiger partial charge in [0, 0.05) is 28.6 Å². The molecular formula is C26H20N2O4. The molecule has 0 saturated carbocycles. The van der Waals surface area contributed by atoms with Crippen LogP contribution in [0, 0.1) is 6.92 Å². The van der Waals surface area contributed by atoms with E-state index in [1.807, 2.05) is 61.5 Å². The predicted octanol–water partition coefficient (Wildman–Crippen LogP) is 4.77. The van der Waals surface area contributed by atoms with Crippen molar-refractivity contribution < 1.29 is 13.6 Å². The lowest BCUT2D eigenvalue weighted by atomic mass is 9.99. The van der Waals surface area contributed by atoms with Crippen molar-refractivity contribution in [1.29, 1.82) is 0 Å². The van der Waals surface area contributed by atoms with Gasteiger partial charge in [-0.05, 0) is 36.2 Å². The second-order valence-electron chi connectivity index (χ2n) is 7.63. The molecule has 1 amide bonds. The highest BCUT2D eigenvalue weighted by atomic mass is 16.4. The van der Waals surface area contributed by atoms with Crippen LogP contribution in [-0.2, 0) is 17.8 Å². The van der Waals surface area contributed by atoms with Crippen LogP contribution in [0.5, 0.6) is 0 Å². The molecule has 0 aliphatic rings. The molecule has 0 radical (unpaired) electrons. The van der Waals surface area contributed by atoms with E-state index in [4.69, 9.17) is 8.83 Å². The molecule has 2 aromatic carbocycles. The largest absolute Gasteiger partial charge is 0.464 e. The molecule has 6 nitrogen and oxygen atoms in total. The number of nitrogens with one attached hydrogen (secondary N) is 1. The first kappa shape index (κ1) is 19.8. The lowest BCUT2D eigenvalue weighted by molar-refractivity contribution is -0.120. The Bertz CT molecular complexity index is 1490. The minimum absolute atomic E-state index is 0.0636. The zero-order valence-corrected chi connectivity index (χ0v) is 17.4. The summed E-state index contributed by atoms with van der Waals surface area (Å²) < 4.78 is 11.3. The maximum atomic E-state index is 12.6. The van der Waals surface area contributed by atoms with Crippen molar-refractivity contribution in [1.82, 2.24) is 10.3 Å². The summed E-state index contributed by atoms with van der Waals surface area (Å²) in [6.45, 7) is 2.14. The van der Waals surface area contributed by atoms with Gasteiger partial charge in [-0.1, -0.05) is 36.4 Å². The molecule has 0 saturated heterocycles. The lowest BCUT2D eigenvalue weighted by Gasteiger charge is -2.09. The summed E-state index contributed by atoms with van der Waals surface area (Å²) in [5.41, 5.74) is 4.38. The van der Waals surface area contributed by atoms with Crippen LogP contribution >= 0.6 is 0 Å². The quantitative estimate of drug-likeness (QED) is 0.411. The summed E-state index contributed by atoms with van der Waals surface area (Å²) in [5.74, 6) is -0.264. The van der Waals surface area contributed by atoms with Crippen LogP contribution < -0.4 is 10.9 Å². The van der Waals surface area contributed by atoms with Crippen LogP contribution in [-0.4, -0.2) is 10.9 Å². The van der Waals surface area contributed by atoms with E-state index in [9.17, 15) is 9.59 Å². The van der Waals surface area contributed by atoms with Crippen LogP contribution in [0.1, 0.15) is 16.8 Å². The molecule has 0 bridgehead atoms. The van der Waals surface area contributed by atoms with E-state index in [-0.39, 0.29) is 12.3 Å². The fourth-order valence-corrected chi connectivity index (χ4v) is 3.87. The second-order valence-corrected chi connectivity index (χ2v) is 7.63. The number of fused-ring (bicyclic) bond motifs is 2. The zero-order valence-electron chi connectivity index (χ0n) is 17.4. The van der Waals surface area contributed by atoms with Crippen LogP contribution in [0.15, 0.2) is 86.8 Å². The third-order valence-electron chi connectivity index (χ3n) is 5.60. The molecule has 1 N–H and O–H groups in total. The number of carbonyl (C=O) groups excluding carboxylic acids is 1. The molecule has 0 unspecified atom stereocenters. The predicted molar refractivity (Wildman–Crippen MR) is 122 cm³/mol. The molecule has 5 rings (SSSR count). The highest BCUT2D eigenvalue weighted by Gasteiger charge is 2.17. The number of pyridine rings is 1. The van der Waals surface area contributed by atoms with Crippen molar-refractivity contribution >= 4 is 27.8 Å². The minimum Gasteiger partial charge on any atom is -0.464 e. The van der Waals surface area contributed by atoms with Gasteiger partial charge in [-0.25, -0.2) is 4.79 Å². The zero-order chi connectivity index (χ0) is 22.1. The van der Waals surface area contributed by atoms with Crippen molar-refractivity contribution in [2.24, 2.45) is 0 Å². The van der Waals surface area contributed by atoms with Gasteiger partial charge in [0.05, 0.1) is 30.5 Å². The minimum atomic E-state index is -0.517. The van der Waals surface area contributed by atoms with E-state index in [1.165, 1.54) is 0 Å². The lowest BCUT2D eigenvalue weighted by Crippen LogP contribution is -2.27. The first-order valence-electron chi connectivity index (χ1n) is 10.3. The molecule has 158 valence electrons. The average molecular weight is 424 g/mol. The third-order valence-corrected chi connectivity index (χ3v) is 5.60. The number of carbonyl (C=O) groups is 1. The Labute approximate surface area is 183 Å². The number of aromatic nitrogens is 1. The Hall–Kier alpha value is -4.19. The van der Waals surface area contributed by atoms with Gasteiger partial charge in [0.1, 0.15) is 11.2 Å². The molecule has 0 atom stereocenters. The van der Waals surface area contributed by atoms with Crippen molar-refractivity contribution in [3.63, 3.8) is 0 Å². The fourth-order valence-electron chi connectivity index (χ4n) is 3.87. The van der Waals surface area contributed by atoms with Gasteiger partial charge in [0.2, 0.25) is 5.91 Å². The van der Waals surface area contributed by atoms with Gasteiger partial charge in [0.15, 0.2) is 0 Å². The summed E-state index contributed by atoms with van der Waals surface area (Å²) in [4.78, 5) is 29.3. The number of aryl methyl sites for hydroxylation is 1. The van der Waals surface area contributed by atoms with Crippen molar-refractivity contribution in [3.8, 4) is 11.1 Å². The monoisotopic (exact) mass is 424 g/mol. The van der Waals surface area contributed by atoms with Gasteiger partial charge >= 0.3 is 5.63 Å². The molecule has 3 aromatic heterocycles. The fraction of sp³-hybridized carbons (Fsp3) is 0.115. The van der Waals surface area contributed by atoms with E-state index in [1.54, 1.807) is 18.5 Å². The molecule has 3 heterocycles. The van der Waals surface area contributed by atoms with E-state index in [0.717, 1.165) is 33.2 Å². The van der Waals surface area contributed by atoms with Gasteiger partial charge in [-0.3, -0.25) is 9.78 Å². The van der Waals surface area contributed by atoms with Gasteiger partial charge in [-0.15, -0.1) is 0 Å². The topological polar surface area (TPSA) is 85.3 Å². The summed E-state index contributed by atoms with van der Waals surface area (Å²) in [6, 6.07) is 19.1. The van der Waals surface area contributed by atoms with E-state index in [0.29, 0.717) is 23.3 Å². The Balaban J connectivity index is 1.50. The maximum Gasteiger partial charge on any atom is 0.340 e. The summed E-state index contributed by atoms with van der Waals surface area (Å²) in [7, 11) is 0. The first-order chi connectivity index (χ1) is 15.6. The van der Waals surface area contributed by atoms with Crippen molar-refractivity contribution in [3.05, 3.63) is 100 Å². The Morgan fingerprint density at radius 3 is 2.59 bits per heavy atom. The smallest absolute Gasteiger partial charge is 0.340 e. The number of benzene rings is 2. The highest BCUT2D eigenvalue weighted by Crippen LogP contribution is 2.34. The number of nitrogens with zero attached hydrogens (tertiary/aromatic N) is 1. The number of amides is 1. The van der Waals surface area contributed by atoms with Crippen molar-refractivity contribution in [2.75, 3.05) is 0 Å². The van der Waals surface area contributed by atoms with E-state index >= 15 is 0 Å². The second kappa shape index (κ2) is 8.15. The SMILES string of the molecule is Cc1c(CC(=O)NCc2ccccn2)c(=O)oc2cc3occ(-c4ccccc4)c3cc12. The standard InChI is InChI=1S/C26H20N2O4/c1-16-19-11-21-22(17-7-3-2-4-8-17)15-31-23(21)13-24(19)32-26(30)20(16)12-25(29)28-14-18-9-5-6-10-27-18/h2-11,13,15H,12,14H2,1H3,(H,28,29). The summed E-state index contributed by atoms with van der Waals surface area (Å²) in [6.07, 6.45) is 3.31. The summed E-state index contributed by atoms with van der Waals surface area (Å²) >= 11 is 0. The Kier molecular flexibility index (Phi) is 5.03.